The zero-order valence-electron chi connectivity index (χ0n) is 14.5. The van der Waals surface area contributed by atoms with Crippen LogP contribution in [0.5, 0.6) is 5.75 Å². The molecule has 0 bridgehead atoms. The van der Waals surface area contributed by atoms with E-state index in [0.717, 1.165) is 0 Å². The number of imidazole rings is 1. The molecule has 130 valence electrons. The molecule has 0 N–H and O–H groups in total. The lowest BCUT2D eigenvalue weighted by molar-refractivity contribution is 0.201. The number of hydrogen-bond donors (Lipinski definition) is 0. The van der Waals surface area contributed by atoms with Crippen molar-refractivity contribution in [2.24, 2.45) is 11.8 Å². The van der Waals surface area contributed by atoms with Crippen molar-refractivity contribution < 1.29 is 13.9 Å². The van der Waals surface area contributed by atoms with E-state index in [2.05, 4.69) is 37.1 Å². The molecule has 1 aromatic carbocycles. The third-order valence-electron chi connectivity index (χ3n) is 4.79. The fourth-order valence-electron chi connectivity index (χ4n) is 3.09. The summed E-state index contributed by atoms with van der Waals surface area (Å²) in [6.45, 7) is 6.40. The first kappa shape index (κ1) is 17.1. The largest absolute Gasteiger partial charge is 0.424 e. The Kier molecular flexibility index (Phi) is 4.83. The number of rotatable bonds is 3. The van der Waals surface area contributed by atoms with E-state index in [4.69, 9.17) is 4.74 Å². The quantitative estimate of drug-likeness (QED) is 0.795. The molecule has 3 unspecified atom stereocenters. The first-order chi connectivity index (χ1) is 12.0. The monoisotopic (exact) mass is 340 g/mol. The van der Waals surface area contributed by atoms with Crippen molar-refractivity contribution in [3.05, 3.63) is 72.1 Å². The van der Waals surface area contributed by atoms with Gasteiger partial charge in [0, 0.05) is 18.3 Å². The second-order valence-corrected chi connectivity index (χ2v) is 6.40. The highest BCUT2D eigenvalue weighted by molar-refractivity contribution is 5.74. The molecule has 4 nitrogen and oxygen atoms in total. The number of allylic oxidation sites excluding steroid dienone is 4. The molecule has 0 aliphatic heterocycles. The number of carbonyl (C=O) groups excluding carboxylic acids is 1. The predicted molar refractivity (Wildman–Crippen MR) is 94.0 cm³/mol. The minimum atomic E-state index is -0.557. The Morgan fingerprint density at radius 1 is 1.28 bits per heavy atom. The van der Waals surface area contributed by atoms with Crippen LogP contribution in [0.25, 0.3) is 0 Å². The van der Waals surface area contributed by atoms with Crippen LogP contribution >= 0.6 is 0 Å². The van der Waals surface area contributed by atoms with Crippen molar-refractivity contribution in [2.75, 3.05) is 0 Å². The van der Waals surface area contributed by atoms with E-state index in [1.165, 1.54) is 34.4 Å². The molecule has 5 heteroatoms. The van der Waals surface area contributed by atoms with Gasteiger partial charge in [0.05, 0.1) is 0 Å². The molecular formula is C20H21FN2O2. The Labute approximate surface area is 146 Å². The lowest BCUT2D eigenvalue weighted by Gasteiger charge is -2.27. The molecule has 3 rings (SSSR count). The van der Waals surface area contributed by atoms with E-state index in [-0.39, 0.29) is 11.7 Å². The zero-order chi connectivity index (χ0) is 18.0. The summed E-state index contributed by atoms with van der Waals surface area (Å²) in [7, 11) is 0. The Hall–Kier alpha value is -2.69. The van der Waals surface area contributed by atoms with Crippen LogP contribution in [0.4, 0.5) is 9.18 Å². The molecule has 1 aliphatic carbocycles. The normalized spacial score (nSPS) is 20.9. The van der Waals surface area contributed by atoms with Crippen molar-refractivity contribution in [2.45, 2.75) is 26.7 Å². The maximum Gasteiger partial charge on any atom is 0.424 e. The summed E-state index contributed by atoms with van der Waals surface area (Å²) in [5.41, 5.74) is 1.23. The van der Waals surface area contributed by atoms with Crippen LogP contribution in [0.3, 0.4) is 0 Å². The molecule has 0 radical (unpaired) electrons. The van der Waals surface area contributed by atoms with E-state index >= 15 is 0 Å². The smallest absolute Gasteiger partial charge is 0.410 e. The van der Waals surface area contributed by atoms with Gasteiger partial charge in [-0.3, -0.25) is 0 Å². The van der Waals surface area contributed by atoms with Gasteiger partial charge in [0.2, 0.25) is 0 Å². The second-order valence-electron chi connectivity index (χ2n) is 6.40. The van der Waals surface area contributed by atoms with Gasteiger partial charge in [-0.25, -0.2) is 18.7 Å². The highest BCUT2D eigenvalue weighted by atomic mass is 19.1. The lowest BCUT2D eigenvalue weighted by atomic mass is 9.79. The fraction of sp³-hybridized carbons (Fsp3) is 0.300. The topological polar surface area (TPSA) is 44.1 Å². The molecule has 1 heterocycles. The minimum Gasteiger partial charge on any atom is -0.410 e. The maximum atomic E-state index is 13.0. The van der Waals surface area contributed by atoms with Crippen molar-refractivity contribution in [1.82, 2.24) is 9.55 Å². The van der Waals surface area contributed by atoms with Crippen LogP contribution < -0.4 is 4.74 Å². The SMILES string of the molecule is CC(C1=CC=CC(C)C1C)c1nccn1C(=O)Oc1ccc(F)cc1. The Bertz CT molecular complexity index is 820. The second kappa shape index (κ2) is 7.05. The number of hydrogen-bond acceptors (Lipinski definition) is 3. The predicted octanol–water partition coefficient (Wildman–Crippen LogP) is 4.94. The van der Waals surface area contributed by atoms with Gasteiger partial charge in [-0.05, 0) is 36.1 Å². The van der Waals surface area contributed by atoms with Gasteiger partial charge in [-0.2, -0.15) is 0 Å². The molecule has 0 amide bonds. The van der Waals surface area contributed by atoms with Crippen LogP contribution in [0, 0.1) is 17.7 Å². The van der Waals surface area contributed by atoms with E-state index in [1.807, 2.05) is 6.92 Å². The van der Waals surface area contributed by atoms with E-state index < -0.39 is 6.09 Å². The van der Waals surface area contributed by atoms with Crippen molar-refractivity contribution in [3.8, 4) is 5.75 Å². The van der Waals surface area contributed by atoms with Crippen LogP contribution in [0.2, 0.25) is 0 Å². The number of ether oxygens (including phenoxy) is 1. The first-order valence-electron chi connectivity index (χ1n) is 8.36. The number of nitrogens with zero attached hydrogens (tertiary/aromatic N) is 2. The van der Waals surface area contributed by atoms with Gasteiger partial charge < -0.3 is 4.74 Å². The van der Waals surface area contributed by atoms with Crippen molar-refractivity contribution in [3.63, 3.8) is 0 Å². The van der Waals surface area contributed by atoms with Crippen molar-refractivity contribution >= 4 is 6.09 Å². The molecular weight excluding hydrogens is 319 g/mol. The van der Waals surface area contributed by atoms with Crippen molar-refractivity contribution in [1.29, 1.82) is 0 Å². The number of benzene rings is 1. The third kappa shape index (κ3) is 3.55. The standard InChI is InChI=1S/C20H21FN2O2/c1-13-5-4-6-18(14(13)2)15(3)19-22-11-12-23(19)20(24)25-17-9-7-16(21)8-10-17/h4-15H,1-3H3. The molecule has 3 atom stereocenters. The molecule has 25 heavy (non-hydrogen) atoms. The number of aromatic nitrogens is 2. The van der Waals surface area contributed by atoms with E-state index in [9.17, 15) is 9.18 Å². The maximum absolute atomic E-state index is 13.0. The van der Waals surface area contributed by atoms with Gasteiger partial charge in [-0.1, -0.05) is 44.6 Å². The summed E-state index contributed by atoms with van der Waals surface area (Å²) in [4.78, 5) is 16.9. The first-order valence-corrected chi connectivity index (χ1v) is 8.36. The molecule has 0 spiro atoms. The molecule has 2 aromatic rings. The number of halogens is 1. The Morgan fingerprint density at radius 2 is 2.00 bits per heavy atom. The Balaban J connectivity index is 1.82. The van der Waals surface area contributed by atoms with Gasteiger partial charge in [-0.15, -0.1) is 0 Å². The molecule has 0 fully saturated rings. The van der Waals surface area contributed by atoms with Gasteiger partial charge in [0.1, 0.15) is 17.4 Å². The highest BCUT2D eigenvalue weighted by Gasteiger charge is 2.26. The summed E-state index contributed by atoms with van der Waals surface area (Å²) in [5.74, 6) is 1.35. The van der Waals surface area contributed by atoms with Crippen LogP contribution in [-0.2, 0) is 0 Å². The van der Waals surface area contributed by atoms with Gasteiger partial charge in [0.25, 0.3) is 0 Å². The highest BCUT2D eigenvalue weighted by Crippen LogP contribution is 2.35. The summed E-state index contributed by atoms with van der Waals surface area (Å²) in [6.07, 6.45) is 8.95. The summed E-state index contributed by atoms with van der Waals surface area (Å²) >= 11 is 0. The van der Waals surface area contributed by atoms with Gasteiger partial charge in [0.15, 0.2) is 0 Å². The zero-order valence-corrected chi connectivity index (χ0v) is 14.5. The number of carbonyl (C=O) groups is 1. The summed E-state index contributed by atoms with van der Waals surface area (Å²) in [5, 5.41) is 0. The summed E-state index contributed by atoms with van der Waals surface area (Å²) in [6, 6.07) is 5.35. The van der Waals surface area contributed by atoms with Crippen LogP contribution in [0.15, 0.2) is 60.5 Å². The third-order valence-corrected chi connectivity index (χ3v) is 4.79. The molecule has 0 saturated carbocycles. The minimum absolute atomic E-state index is 0.0156. The van der Waals surface area contributed by atoms with Crippen LogP contribution in [0.1, 0.15) is 32.5 Å². The summed E-state index contributed by atoms with van der Waals surface area (Å²) < 4.78 is 19.7. The van der Waals surface area contributed by atoms with Crippen LogP contribution in [-0.4, -0.2) is 15.6 Å². The van der Waals surface area contributed by atoms with E-state index in [0.29, 0.717) is 23.4 Å². The lowest BCUT2D eigenvalue weighted by Crippen LogP contribution is -2.23. The molecule has 0 saturated heterocycles. The average molecular weight is 340 g/mol. The van der Waals surface area contributed by atoms with Gasteiger partial charge >= 0.3 is 6.09 Å². The van der Waals surface area contributed by atoms with E-state index in [1.54, 1.807) is 12.4 Å². The fourth-order valence-corrected chi connectivity index (χ4v) is 3.09. The molecule has 1 aliphatic rings. The average Bonchev–Trinajstić information content (AvgIpc) is 3.08. The Morgan fingerprint density at radius 3 is 2.72 bits per heavy atom. The molecule has 1 aromatic heterocycles.